The number of imide groups is 1. The number of carbonyl (C=O) groups is 2. The fraction of sp³-hybridized carbons (Fsp3) is 0.444. The Hall–Kier alpha value is -1.58. The van der Waals surface area contributed by atoms with Crippen molar-refractivity contribution in [3.8, 4) is 0 Å². The summed E-state index contributed by atoms with van der Waals surface area (Å²) in [6.07, 6.45) is 0.171. The molecule has 2 amide bonds. The quantitative estimate of drug-likeness (QED) is 0.755. The minimum absolute atomic E-state index is 0.194. The van der Waals surface area contributed by atoms with E-state index in [0.717, 1.165) is 22.9 Å². The van der Waals surface area contributed by atoms with E-state index < -0.39 is 11.7 Å². The van der Waals surface area contributed by atoms with Crippen molar-refractivity contribution in [3.63, 3.8) is 0 Å². The first kappa shape index (κ1) is 17.8. The summed E-state index contributed by atoms with van der Waals surface area (Å²) >= 11 is 0.341. The van der Waals surface area contributed by atoms with Gasteiger partial charge in [0.05, 0.1) is 0 Å². The van der Waals surface area contributed by atoms with Crippen LogP contribution < -0.4 is 4.46 Å². The van der Waals surface area contributed by atoms with E-state index >= 15 is 0 Å². The van der Waals surface area contributed by atoms with Gasteiger partial charge in [0.2, 0.25) is 0 Å². The molecule has 1 aliphatic rings. The van der Waals surface area contributed by atoms with E-state index in [-0.39, 0.29) is 5.91 Å². The van der Waals surface area contributed by atoms with Crippen LogP contribution in [0.4, 0.5) is 4.79 Å². The Kier molecular flexibility index (Phi) is 5.66. The fourth-order valence-electron chi connectivity index (χ4n) is 2.32. The molecule has 4 nitrogen and oxygen atoms in total. The third-order valence-corrected chi connectivity index (χ3v) is 5.52. The van der Waals surface area contributed by atoms with Crippen molar-refractivity contribution in [1.82, 2.24) is 4.90 Å². The van der Waals surface area contributed by atoms with Gasteiger partial charge in [-0.1, -0.05) is 0 Å². The van der Waals surface area contributed by atoms with Gasteiger partial charge in [0.15, 0.2) is 0 Å². The molecule has 0 aliphatic carbocycles. The number of nitrogens with zero attached hydrogens (tertiary/aromatic N) is 1. The summed E-state index contributed by atoms with van der Waals surface area (Å²) in [4.78, 5) is 25.8. The van der Waals surface area contributed by atoms with Crippen LogP contribution in [-0.4, -0.2) is 44.0 Å². The molecule has 23 heavy (non-hydrogen) atoms. The van der Waals surface area contributed by atoms with Gasteiger partial charge in [-0.05, 0) is 0 Å². The van der Waals surface area contributed by atoms with Crippen LogP contribution in [-0.2, 0) is 9.53 Å². The van der Waals surface area contributed by atoms with Crippen molar-refractivity contribution >= 4 is 31.4 Å². The first-order valence-corrected chi connectivity index (χ1v) is 9.76. The molecule has 0 spiro atoms. The van der Waals surface area contributed by atoms with Gasteiger partial charge in [-0.2, -0.15) is 0 Å². The van der Waals surface area contributed by atoms with Crippen molar-refractivity contribution in [2.75, 3.05) is 6.54 Å². The van der Waals surface area contributed by atoms with Crippen LogP contribution in [0.5, 0.6) is 0 Å². The second kappa shape index (κ2) is 7.33. The van der Waals surface area contributed by atoms with Crippen molar-refractivity contribution < 1.29 is 14.3 Å². The van der Waals surface area contributed by atoms with Crippen LogP contribution in [0, 0.1) is 0 Å². The van der Waals surface area contributed by atoms with Crippen molar-refractivity contribution in [2.45, 2.75) is 45.0 Å². The number of ether oxygens (including phenoxy) is 1. The number of hydrogen-bond acceptors (Lipinski definition) is 3. The van der Waals surface area contributed by atoms with Crippen LogP contribution in [0.1, 0.15) is 34.1 Å². The summed E-state index contributed by atoms with van der Waals surface area (Å²) in [6.45, 7) is 7.67. The standard InChI is InChI=1S/C18H23NO3Se/c1-13-12-19(17(21)22-18(2,3)4)16(20)15(13)10-11-23-14-8-6-5-7-9-14/h5-9H,10-12H2,1-4H3. The molecule has 1 aromatic rings. The van der Waals surface area contributed by atoms with Crippen molar-refractivity contribution in [1.29, 1.82) is 0 Å². The monoisotopic (exact) mass is 381 g/mol. The van der Waals surface area contributed by atoms with E-state index in [0.29, 0.717) is 21.5 Å². The zero-order valence-electron chi connectivity index (χ0n) is 14.1. The Balaban J connectivity index is 1.91. The molecule has 1 heterocycles. The fourth-order valence-corrected chi connectivity index (χ4v) is 4.19. The second-order valence-electron chi connectivity index (χ2n) is 6.54. The summed E-state index contributed by atoms with van der Waals surface area (Å²) < 4.78 is 6.63. The molecule has 0 bridgehead atoms. The molecule has 124 valence electrons. The Morgan fingerprint density at radius 3 is 2.52 bits per heavy atom. The average molecular weight is 380 g/mol. The van der Waals surface area contributed by atoms with Gasteiger partial charge in [0.25, 0.3) is 0 Å². The molecular formula is C18H23NO3Se. The number of hydrogen-bond donors (Lipinski definition) is 0. The second-order valence-corrected chi connectivity index (χ2v) is 8.99. The van der Waals surface area contributed by atoms with Gasteiger partial charge in [-0.25, -0.2) is 0 Å². The van der Waals surface area contributed by atoms with E-state index in [9.17, 15) is 9.59 Å². The molecule has 0 saturated carbocycles. The maximum absolute atomic E-state index is 12.5. The van der Waals surface area contributed by atoms with E-state index in [1.807, 2.05) is 25.1 Å². The van der Waals surface area contributed by atoms with Crippen LogP contribution in [0.15, 0.2) is 41.5 Å². The Morgan fingerprint density at radius 1 is 1.26 bits per heavy atom. The Bertz CT molecular complexity index is 617. The molecule has 1 aromatic carbocycles. The van der Waals surface area contributed by atoms with Crippen LogP contribution >= 0.6 is 0 Å². The van der Waals surface area contributed by atoms with E-state index in [1.54, 1.807) is 20.8 Å². The number of rotatable bonds is 4. The van der Waals surface area contributed by atoms with Crippen LogP contribution in [0.2, 0.25) is 5.32 Å². The summed E-state index contributed by atoms with van der Waals surface area (Å²) in [5.74, 6) is -0.194. The SMILES string of the molecule is CC1=C(CC[Se]c2ccccc2)C(=O)N(C(=O)OC(C)(C)C)C1. The van der Waals surface area contributed by atoms with E-state index in [1.165, 1.54) is 9.36 Å². The summed E-state index contributed by atoms with van der Waals surface area (Å²) in [7, 11) is 0. The first-order chi connectivity index (χ1) is 10.8. The molecule has 0 atom stereocenters. The molecule has 0 radical (unpaired) electrons. The average Bonchev–Trinajstić information content (AvgIpc) is 2.74. The maximum atomic E-state index is 12.5. The van der Waals surface area contributed by atoms with Crippen LogP contribution in [0.25, 0.3) is 0 Å². The molecule has 0 fully saturated rings. The van der Waals surface area contributed by atoms with Gasteiger partial charge in [0, 0.05) is 0 Å². The van der Waals surface area contributed by atoms with Crippen molar-refractivity contribution in [2.24, 2.45) is 0 Å². The normalized spacial score (nSPS) is 15.3. The molecule has 0 N–H and O–H groups in total. The minimum atomic E-state index is -0.593. The summed E-state index contributed by atoms with van der Waals surface area (Å²) in [5.41, 5.74) is 1.16. The molecule has 5 heteroatoms. The first-order valence-electron chi connectivity index (χ1n) is 7.69. The third kappa shape index (κ3) is 4.95. The van der Waals surface area contributed by atoms with Crippen LogP contribution in [0.3, 0.4) is 0 Å². The summed E-state index contributed by atoms with van der Waals surface area (Å²) in [5, 5.41) is 0.956. The van der Waals surface area contributed by atoms with E-state index in [2.05, 4.69) is 12.1 Å². The third-order valence-electron chi connectivity index (χ3n) is 3.39. The zero-order valence-corrected chi connectivity index (χ0v) is 15.8. The van der Waals surface area contributed by atoms with Gasteiger partial charge >= 0.3 is 144 Å². The molecule has 1 aliphatic heterocycles. The van der Waals surface area contributed by atoms with Gasteiger partial charge in [0.1, 0.15) is 0 Å². The Labute approximate surface area is 144 Å². The molecular weight excluding hydrogens is 357 g/mol. The molecule has 0 unspecified atom stereocenters. The van der Waals surface area contributed by atoms with Crippen molar-refractivity contribution in [3.05, 3.63) is 41.5 Å². The van der Waals surface area contributed by atoms with E-state index in [4.69, 9.17) is 4.74 Å². The zero-order chi connectivity index (χ0) is 17.0. The number of benzene rings is 1. The molecule has 0 saturated heterocycles. The predicted octanol–water partition coefficient (Wildman–Crippen LogP) is 2.92. The molecule has 0 aromatic heterocycles. The molecule has 2 rings (SSSR count). The number of amides is 2. The topological polar surface area (TPSA) is 46.6 Å². The van der Waals surface area contributed by atoms with Gasteiger partial charge in [-0.15, -0.1) is 0 Å². The van der Waals surface area contributed by atoms with Gasteiger partial charge in [-0.3, -0.25) is 0 Å². The summed E-state index contributed by atoms with van der Waals surface area (Å²) in [6, 6.07) is 10.3. The van der Waals surface area contributed by atoms with Gasteiger partial charge < -0.3 is 0 Å². The predicted molar refractivity (Wildman–Crippen MR) is 91.9 cm³/mol. The number of carbonyl (C=O) groups excluding carboxylic acids is 2. The Morgan fingerprint density at radius 2 is 1.91 bits per heavy atom.